The predicted octanol–water partition coefficient (Wildman–Crippen LogP) is 0.835. The first kappa shape index (κ1) is 13.1. The van der Waals surface area contributed by atoms with Gasteiger partial charge in [-0.3, -0.25) is 0 Å². The van der Waals surface area contributed by atoms with Crippen LogP contribution in [-0.4, -0.2) is 17.1 Å². The number of nitrogens with zero attached hydrogens (tertiary/aromatic N) is 3. The van der Waals surface area contributed by atoms with E-state index in [4.69, 9.17) is 19.9 Å². The van der Waals surface area contributed by atoms with Gasteiger partial charge >= 0.3 is 7.12 Å². The molecule has 2 heterocycles. The number of nitriles is 2. The first-order chi connectivity index (χ1) is 10.2. The topological polar surface area (TPSA) is 99.2 Å². The van der Waals surface area contributed by atoms with Gasteiger partial charge in [-0.05, 0) is 29.2 Å². The molecule has 0 saturated carbocycles. The molecule has 0 atom stereocenters. The Kier molecular flexibility index (Phi) is 3.29. The SMILES string of the molecule is N#Cc1cc(C#N)nc(Oc2ccc3c(c2)COB3O)c1. The molecule has 21 heavy (non-hydrogen) atoms. The highest BCUT2D eigenvalue weighted by Crippen LogP contribution is 2.23. The van der Waals surface area contributed by atoms with Crippen LogP contribution in [0.3, 0.4) is 0 Å². The molecule has 1 N–H and O–H groups in total. The number of aromatic nitrogens is 1. The Morgan fingerprint density at radius 1 is 1.24 bits per heavy atom. The first-order valence-electron chi connectivity index (χ1n) is 6.12. The van der Waals surface area contributed by atoms with Crippen molar-refractivity contribution in [3.05, 3.63) is 47.2 Å². The Hall–Kier alpha value is -2.87. The van der Waals surface area contributed by atoms with Crippen LogP contribution in [0.15, 0.2) is 30.3 Å². The normalized spacial score (nSPS) is 12.4. The monoisotopic (exact) mass is 277 g/mol. The van der Waals surface area contributed by atoms with Gasteiger partial charge in [-0.15, -0.1) is 0 Å². The summed E-state index contributed by atoms with van der Waals surface area (Å²) in [6, 6.07) is 11.8. The Labute approximate surface area is 120 Å². The number of hydrogen-bond acceptors (Lipinski definition) is 6. The average Bonchev–Trinajstić information content (AvgIpc) is 2.87. The summed E-state index contributed by atoms with van der Waals surface area (Å²) in [6.07, 6.45) is 0. The zero-order valence-corrected chi connectivity index (χ0v) is 10.8. The van der Waals surface area contributed by atoms with E-state index < -0.39 is 7.12 Å². The van der Waals surface area contributed by atoms with E-state index in [0.29, 0.717) is 23.4 Å². The molecule has 7 heteroatoms. The quantitative estimate of drug-likeness (QED) is 0.816. The minimum atomic E-state index is -0.903. The summed E-state index contributed by atoms with van der Waals surface area (Å²) in [4.78, 5) is 3.99. The molecule has 0 bridgehead atoms. The van der Waals surface area contributed by atoms with Gasteiger partial charge in [0.1, 0.15) is 17.5 Å². The van der Waals surface area contributed by atoms with Crippen LogP contribution < -0.4 is 10.2 Å². The highest BCUT2D eigenvalue weighted by atomic mass is 16.5. The van der Waals surface area contributed by atoms with Crippen LogP contribution in [0.2, 0.25) is 0 Å². The van der Waals surface area contributed by atoms with Crippen molar-refractivity contribution < 1.29 is 14.4 Å². The Morgan fingerprint density at radius 3 is 2.86 bits per heavy atom. The smallest absolute Gasteiger partial charge is 0.439 e. The van der Waals surface area contributed by atoms with Crippen LogP contribution in [0, 0.1) is 22.7 Å². The first-order valence-corrected chi connectivity index (χ1v) is 6.12. The number of benzene rings is 1. The second kappa shape index (κ2) is 5.26. The summed E-state index contributed by atoms with van der Waals surface area (Å²) in [7, 11) is -0.903. The lowest BCUT2D eigenvalue weighted by molar-refractivity contribution is 0.275. The van der Waals surface area contributed by atoms with E-state index in [1.54, 1.807) is 18.2 Å². The Bertz CT molecular complexity index is 763. The third kappa shape index (κ3) is 2.56. The van der Waals surface area contributed by atoms with Gasteiger partial charge in [0, 0.05) is 6.07 Å². The minimum absolute atomic E-state index is 0.115. The minimum Gasteiger partial charge on any atom is -0.439 e. The van der Waals surface area contributed by atoms with E-state index in [-0.39, 0.29) is 11.6 Å². The van der Waals surface area contributed by atoms with Gasteiger partial charge in [-0.1, -0.05) is 6.07 Å². The van der Waals surface area contributed by atoms with Crippen molar-refractivity contribution in [2.45, 2.75) is 6.61 Å². The van der Waals surface area contributed by atoms with E-state index in [1.807, 2.05) is 12.1 Å². The molecule has 1 aromatic carbocycles. The molecule has 1 aliphatic rings. The van der Waals surface area contributed by atoms with E-state index >= 15 is 0 Å². The van der Waals surface area contributed by atoms with Crippen molar-refractivity contribution in [2.24, 2.45) is 0 Å². The van der Waals surface area contributed by atoms with Crippen LogP contribution >= 0.6 is 0 Å². The molecular weight excluding hydrogens is 269 g/mol. The fourth-order valence-corrected chi connectivity index (χ4v) is 2.07. The molecule has 3 rings (SSSR count). The van der Waals surface area contributed by atoms with Crippen LogP contribution in [0.5, 0.6) is 11.6 Å². The molecule has 0 spiro atoms. The molecule has 1 aliphatic heterocycles. The fraction of sp³-hybridized carbons (Fsp3) is 0.0714. The van der Waals surface area contributed by atoms with Crippen molar-refractivity contribution in [3.63, 3.8) is 0 Å². The van der Waals surface area contributed by atoms with E-state index in [9.17, 15) is 5.02 Å². The number of hydrogen-bond donors (Lipinski definition) is 1. The predicted molar refractivity (Wildman–Crippen MR) is 72.6 cm³/mol. The molecule has 0 amide bonds. The largest absolute Gasteiger partial charge is 0.491 e. The standard InChI is InChI=1S/C14H8BN3O3/c16-6-9-3-11(7-17)18-14(4-9)21-12-1-2-13-10(5-12)8-20-15(13)19/h1-5,19H,8H2. The lowest BCUT2D eigenvalue weighted by Gasteiger charge is -2.07. The van der Waals surface area contributed by atoms with Crippen molar-refractivity contribution in [1.29, 1.82) is 10.5 Å². The summed E-state index contributed by atoms with van der Waals surface area (Å²) < 4.78 is 10.7. The summed E-state index contributed by atoms with van der Waals surface area (Å²) in [5.41, 5.74) is 1.95. The van der Waals surface area contributed by atoms with Gasteiger partial charge in [-0.2, -0.15) is 10.5 Å². The van der Waals surface area contributed by atoms with Gasteiger partial charge in [0.05, 0.1) is 18.2 Å². The third-order valence-corrected chi connectivity index (χ3v) is 3.05. The van der Waals surface area contributed by atoms with Crippen molar-refractivity contribution in [2.75, 3.05) is 0 Å². The molecule has 0 aliphatic carbocycles. The highest BCUT2D eigenvalue weighted by Gasteiger charge is 2.27. The number of ether oxygens (including phenoxy) is 1. The van der Waals surface area contributed by atoms with Crippen molar-refractivity contribution >= 4 is 12.6 Å². The number of fused-ring (bicyclic) bond motifs is 1. The fourth-order valence-electron chi connectivity index (χ4n) is 2.07. The van der Waals surface area contributed by atoms with E-state index in [1.165, 1.54) is 12.1 Å². The van der Waals surface area contributed by atoms with Gasteiger partial charge < -0.3 is 14.4 Å². The van der Waals surface area contributed by atoms with E-state index in [0.717, 1.165) is 5.56 Å². The van der Waals surface area contributed by atoms with Crippen LogP contribution in [0.1, 0.15) is 16.8 Å². The highest BCUT2D eigenvalue weighted by molar-refractivity contribution is 6.61. The van der Waals surface area contributed by atoms with Gasteiger partial charge in [0.15, 0.2) is 0 Å². The van der Waals surface area contributed by atoms with Gasteiger partial charge in [-0.25, -0.2) is 4.98 Å². The zero-order valence-electron chi connectivity index (χ0n) is 10.8. The van der Waals surface area contributed by atoms with Crippen LogP contribution in [0.25, 0.3) is 0 Å². The molecule has 0 saturated heterocycles. The van der Waals surface area contributed by atoms with Crippen LogP contribution in [0.4, 0.5) is 0 Å². The van der Waals surface area contributed by atoms with Crippen LogP contribution in [-0.2, 0) is 11.3 Å². The van der Waals surface area contributed by atoms with Crippen molar-refractivity contribution in [1.82, 2.24) is 4.98 Å². The molecule has 6 nitrogen and oxygen atoms in total. The molecule has 2 aromatic rings. The molecule has 0 radical (unpaired) electrons. The van der Waals surface area contributed by atoms with Gasteiger partial charge in [0.25, 0.3) is 0 Å². The number of pyridine rings is 1. The Morgan fingerprint density at radius 2 is 2.10 bits per heavy atom. The molecular formula is C14H8BN3O3. The maximum Gasteiger partial charge on any atom is 0.491 e. The lowest BCUT2D eigenvalue weighted by Crippen LogP contribution is -2.27. The summed E-state index contributed by atoms with van der Waals surface area (Å²) >= 11 is 0. The molecule has 100 valence electrons. The summed E-state index contributed by atoms with van der Waals surface area (Å²) in [5.74, 6) is 0.669. The van der Waals surface area contributed by atoms with Gasteiger partial charge in [0.2, 0.25) is 5.88 Å². The maximum absolute atomic E-state index is 9.55. The Balaban J connectivity index is 1.91. The molecule has 0 unspecified atom stereocenters. The molecule has 1 aromatic heterocycles. The second-order valence-corrected chi connectivity index (χ2v) is 4.43. The summed E-state index contributed by atoms with van der Waals surface area (Å²) in [6.45, 7) is 0.308. The molecule has 0 fully saturated rings. The average molecular weight is 277 g/mol. The number of rotatable bonds is 2. The summed E-state index contributed by atoms with van der Waals surface area (Å²) in [5, 5.41) is 27.4. The van der Waals surface area contributed by atoms with E-state index in [2.05, 4.69) is 4.98 Å². The zero-order chi connectivity index (χ0) is 14.8. The lowest BCUT2D eigenvalue weighted by atomic mass is 9.80. The van der Waals surface area contributed by atoms with Crippen molar-refractivity contribution in [3.8, 4) is 23.8 Å². The maximum atomic E-state index is 9.55. The second-order valence-electron chi connectivity index (χ2n) is 4.43. The third-order valence-electron chi connectivity index (χ3n) is 3.05.